The molecule has 0 atom stereocenters. The summed E-state index contributed by atoms with van der Waals surface area (Å²) < 4.78 is 11.3. The van der Waals surface area contributed by atoms with Gasteiger partial charge in [-0.15, -0.1) is 6.58 Å². The molecule has 28 heavy (non-hydrogen) atoms. The second-order valence-corrected chi connectivity index (χ2v) is 5.63. The van der Waals surface area contributed by atoms with Crippen molar-refractivity contribution in [2.45, 2.75) is 20.3 Å². The topological polar surface area (TPSA) is 127 Å². The fourth-order valence-corrected chi connectivity index (χ4v) is 2.64. The molecule has 0 bridgehead atoms. The zero-order valence-electron chi connectivity index (χ0n) is 15.6. The fourth-order valence-electron chi connectivity index (χ4n) is 2.64. The van der Waals surface area contributed by atoms with Crippen LogP contribution < -0.4 is 20.7 Å². The lowest BCUT2D eigenvalue weighted by Crippen LogP contribution is -2.25. The summed E-state index contributed by atoms with van der Waals surface area (Å²) in [5.74, 6) is 1.13. The first-order valence-electron chi connectivity index (χ1n) is 8.63. The van der Waals surface area contributed by atoms with Crippen LogP contribution in [-0.4, -0.2) is 28.1 Å². The van der Waals surface area contributed by atoms with E-state index in [1.807, 2.05) is 24.9 Å². The molecule has 0 unspecified atom stereocenters. The van der Waals surface area contributed by atoms with Gasteiger partial charge < -0.3 is 14.5 Å². The zero-order valence-corrected chi connectivity index (χ0v) is 15.6. The summed E-state index contributed by atoms with van der Waals surface area (Å²) in [7, 11) is 0. The molecule has 2 N–H and O–H groups in total. The average Bonchev–Trinajstić information content (AvgIpc) is 2.62. The summed E-state index contributed by atoms with van der Waals surface area (Å²) >= 11 is 0. The Morgan fingerprint density at radius 1 is 1.14 bits per heavy atom. The Morgan fingerprint density at radius 2 is 1.86 bits per heavy atom. The number of nitrogens with one attached hydrogen (secondary N) is 2. The lowest BCUT2D eigenvalue weighted by Gasteiger charge is -2.15. The number of aromatic nitrogens is 2. The minimum absolute atomic E-state index is 0.198. The van der Waals surface area contributed by atoms with Crippen LogP contribution in [0.1, 0.15) is 30.7 Å². The number of aromatic amines is 2. The molecule has 1 aromatic carbocycles. The van der Waals surface area contributed by atoms with Crippen LogP contribution in [0.25, 0.3) is 12.2 Å². The van der Waals surface area contributed by atoms with Gasteiger partial charge >= 0.3 is 16.9 Å². The van der Waals surface area contributed by atoms with E-state index < -0.39 is 21.9 Å². The lowest BCUT2D eigenvalue weighted by atomic mass is 10.0. The Morgan fingerprint density at radius 3 is 2.46 bits per heavy atom. The third kappa shape index (κ3) is 4.76. The monoisotopic (exact) mass is 387 g/mol. The van der Waals surface area contributed by atoms with Crippen molar-refractivity contribution in [3.05, 3.63) is 72.6 Å². The van der Waals surface area contributed by atoms with Crippen LogP contribution in [0.5, 0.6) is 11.5 Å². The summed E-state index contributed by atoms with van der Waals surface area (Å²) in [5, 5.41) is 11.1. The number of nitro groups is 1. The molecule has 9 heteroatoms. The molecule has 148 valence electrons. The molecular weight excluding hydrogens is 366 g/mol. The normalized spacial score (nSPS) is 10.8. The van der Waals surface area contributed by atoms with Gasteiger partial charge in [-0.3, -0.25) is 19.9 Å². The molecule has 0 radical (unpaired) electrons. The number of hydrogen-bond donors (Lipinski definition) is 2. The molecule has 0 saturated heterocycles. The highest BCUT2D eigenvalue weighted by molar-refractivity contribution is 5.73. The number of nitrogens with zero attached hydrogens (tertiary/aromatic N) is 1. The van der Waals surface area contributed by atoms with Crippen molar-refractivity contribution in [2.24, 2.45) is 0 Å². The average molecular weight is 387 g/mol. The molecule has 0 aliphatic rings. The Balaban J connectivity index is 2.57. The maximum Gasteiger partial charge on any atom is 0.357 e. The van der Waals surface area contributed by atoms with Gasteiger partial charge in [0.2, 0.25) is 0 Å². The predicted octanol–water partition coefficient (Wildman–Crippen LogP) is 2.67. The fraction of sp³-hybridized carbons (Fsp3) is 0.263. The van der Waals surface area contributed by atoms with Gasteiger partial charge in [0.25, 0.3) is 0 Å². The SMILES string of the molecule is C=CCc1cc(/C=C\c2[nH]c(=O)[nH]c(=O)c2[N+](=O)[O-])cc(OCC)c1OCC. The van der Waals surface area contributed by atoms with E-state index in [4.69, 9.17) is 9.47 Å². The molecule has 0 fully saturated rings. The summed E-state index contributed by atoms with van der Waals surface area (Å²) in [4.78, 5) is 37.6. The van der Waals surface area contributed by atoms with Gasteiger partial charge in [0, 0.05) is 5.56 Å². The van der Waals surface area contributed by atoms with Crippen molar-refractivity contribution in [1.29, 1.82) is 0 Å². The highest BCUT2D eigenvalue weighted by atomic mass is 16.6. The van der Waals surface area contributed by atoms with E-state index >= 15 is 0 Å². The highest BCUT2D eigenvalue weighted by Crippen LogP contribution is 2.34. The highest BCUT2D eigenvalue weighted by Gasteiger charge is 2.19. The van der Waals surface area contributed by atoms with Crippen LogP contribution >= 0.6 is 0 Å². The van der Waals surface area contributed by atoms with Crippen LogP contribution in [0.3, 0.4) is 0 Å². The van der Waals surface area contributed by atoms with Crippen molar-refractivity contribution in [3.8, 4) is 11.5 Å². The van der Waals surface area contributed by atoms with Gasteiger partial charge in [0.05, 0.1) is 18.1 Å². The van der Waals surface area contributed by atoms with Crippen molar-refractivity contribution >= 4 is 17.8 Å². The Hall–Kier alpha value is -3.62. The van der Waals surface area contributed by atoms with E-state index in [1.54, 1.807) is 18.2 Å². The van der Waals surface area contributed by atoms with Crippen LogP contribution in [-0.2, 0) is 6.42 Å². The first kappa shape index (κ1) is 20.7. The van der Waals surface area contributed by atoms with E-state index in [9.17, 15) is 19.7 Å². The number of rotatable bonds is 9. The molecule has 1 heterocycles. The van der Waals surface area contributed by atoms with Crippen molar-refractivity contribution in [1.82, 2.24) is 9.97 Å². The smallest absolute Gasteiger partial charge is 0.357 e. The third-order valence-corrected chi connectivity index (χ3v) is 3.68. The van der Waals surface area contributed by atoms with Gasteiger partial charge in [-0.05, 0) is 44.0 Å². The predicted molar refractivity (Wildman–Crippen MR) is 106 cm³/mol. The van der Waals surface area contributed by atoms with Gasteiger partial charge in [0.15, 0.2) is 11.5 Å². The quantitative estimate of drug-likeness (QED) is 0.387. The van der Waals surface area contributed by atoms with Crippen LogP contribution in [0.2, 0.25) is 0 Å². The van der Waals surface area contributed by atoms with E-state index in [0.29, 0.717) is 36.7 Å². The van der Waals surface area contributed by atoms with E-state index in [0.717, 1.165) is 5.56 Å². The number of allylic oxidation sites excluding steroid dienone is 1. The van der Waals surface area contributed by atoms with E-state index in [-0.39, 0.29) is 5.69 Å². The third-order valence-electron chi connectivity index (χ3n) is 3.68. The molecule has 9 nitrogen and oxygen atoms in total. The van der Waals surface area contributed by atoms with Gasteiger partial charge in [-0.1, -0.05) is 12.2 Å². The molecule has 0 saturated carbocycles. The summed E-state index contributed by atoms with van der Waals surface area (Å²) in [6, 6.07) is 3.54. The number of hydrogen-bond acceptors (Lipinski definition) is 6. The van der Waals surface area contributed by atoms with E-state index in [1.165, 1.54) is 6.08 Å². The Bertz CT molecular complexity index is 1020. The molecule has 1 aromatic heterocycles. The first-order chi connectivity index (χ1) is 13.4. The van der Waals surface area contributed by atoms with Crippen molar-refractivity contribution in [2.75, 3.05) is 13.2 Å². The van der Waals surface area contributed by atoms with Gasteiger partial charge in [-0.25, -0.2) is 4.79 Å². The zero-order chi connectivity index (χ0) is 20.7. The van der Waals surface area contributed by atoms with E-state index in [2.05, 4.69) is 11.6 Å². The second kappa shape index (κ2) is 9.36. The van der Waals surface area contributed by atoms with Gasteiger partial charge in [-0.2, -0.15) is 0 Å². The standard InChI is InChI=1S/C19H21N3O6/c1-4-7-13-10-12(11-15(27-5-2)17(13)28-6-3)8-9-14-16(22(25)26)18(23)21-19(24)20-14/h4,8-11H,1,5-7H2,2-3H3,(H2,20,21,23,24)/b9-8-. The van der Waals surface area contributed by atoms with Crippen molar-refractivity contribution < 1.29 is 14.4 Å². The minimum atomic E-state index is -1.07. The second-order valence-electron chi connectivity index (χ2n) is 5.63. The Kier molecular flexibility index (Phi) is 6.91. The maximum atomic E-state index is 11.7. The lowest BCUT2D eigenvalue weighted by molar-refractivity contribution is -0.386. The number of benzene rings is 1. The molecular formula is C19H21N3O6. The largest absolute Gasteiger partial charge is 0.490 e. The molecule has 2 rings (SSSR count). The molecule has 0 amide bonds. The maximum absolute atomic E-state index is 11.7. The Labute approximate surface area is 160 Å². The molecule has 0 spiro atoms. The molecule has 0 aliphatic heterocycles. The van der Waals surface area contributed by atoms with Crippen LogP contribution in [0.15, 0.2) is 34.4 Å². The van der Waals surface area contributed by atoms with Crippen LogP contribution in [0, 0.1) is 10.1 Å². The summed E-state index contributed by atoms with van der Waals surface area (Å²) in [6.07, 6.45) is 5.10. The first-order valence-corrected chi connectivity index (χ1v) is 8.63. The van der Waals surface area contributed by atoms with Crippen molar-refractivity contribution in [3.63, 3.8) is 0 Å². The van der Waals surface area contributed by atoms with Gasteiger partial charge in [0.1, 0.15) is 5.69 Å². The molecule has 2 aromatic rings. The van der Waals surface area contributed by atoms with Crippen LogP contribution in [0.4, 0.5) is 5.69 Å². The summed E-state index contributed by atoms with van der Waals surface area (Å²) in [6.45, 7) is 8.33. The minimum Gasteiger partial charge on any atom is -0.490 e. The number of ether oxygens (including phenoxy) is 2. The summed E-state index contributed by atoms with van der Waals surface area (Å²) in [5.41, 5.74) is -1.35. The molecule has 0 aliphatic carbocycles. The number of H-pyrrole nitrogens is 2.